The predicted octanol–water partition coefficient (Wildman–Crippen LogP) is 4.27. The van der Waals surface area contributed by atoms with Crippen molar-refractivity contribution in [3.8, 4) is 11.5 Å². The van der Waals surface area contributed by atoms with E-state index in [4.69, 9.17) is 27.9 Å². The number of phenolic OH excluding ortho intramolecular Hbond substituents is 1. The van der Waals surface area contributed by atoms with Crippen molar-refractivity contribution >= 4 is 34.8 Å². The Kier molecular flexibility index (Phi) is 4.60. The van der Waals surface area contributed by atoms with Crippen molar-refractivity contribution in [1.82, 2.24) is 0 Å². The molecule has 0 aliphatic rings. The number of rotatable bonds is 3. The van der Waals surface area contributed by atoms with E-state index in [2.05, 4.69) is 5.32 Å². The molecule has 0 aliphatic carbocycles. The molecular weight excluding hydrogens is 313 g/mol. The molecule has 0 aromatic heterocycles. The minimum Gasteiger partial charge on any atom is -0.507 e. The Morgan fingerprint density at radius 2 is 1.90 bits per heavy atom. The van der Waals surface area contributed by atoms with Crippen molar-refractivity contribution in [3.05, 3.63) is 51.5 Å². The van der Waals surface area contributed by atoms with Gasteiger partial charge in [-0.2, -0.15) is 0 Å². The molecule has 0 atom stereocenters. The highest BCUT2D eigenvalue weighted by Crippen LogP contribution is 2.30. The molecule has 0 fully saturated rings. The third-order valence-electron chi connectivity index (χ3n) is 2.95. The summed E-state index contributed by atoms with van der Waals surface area (Å²) in [5.74, 6) is -0.210. The lowest BCUT2D eigenvalue weighted by Crippen LogP contribution is -2.12. The molecule has 0 heterocycles. The zero-order valence-corrected chi connectivity index (χ0v) is 12.9. The molecule has 0 spiro atoms. The van der Waals surface area contributed by atoms with Crippen LogP contribution in [0.5, 0.6) is 11.5 Å². The second kappa shape index (κ2) is 6.24. The molecule has 6 heteroatoms. The maximum Gasteiger partial charge on any atom is 0.259 e. The topological polar surface area (TPSA) is 58.6 Å². The summed E-state index contributed by atoms with van der Waals surface area (Å²) >= 11 is 12.1. The van der Waals surface area contributed by atoms with Gasteiger partial charge in [0, 0.05) is 11.1 Å². The lowest BCUT2D eigenvalue weighted by molar-refractivity contribution is 0.102. The highest BCUT2D eigenvalue weighted by molar-refractivity contribution is 6.36. The Balaban J connectivity index is 2.28. The molecule has 4 nitrogen and oxygen atoms in total. The van der Waals surface area contributed by atoms with E-state index in [1.165, 1.54) is 19.2 Å². The zero-order valence-electron chi connectivity index (χ0n) is 11.4. The maximum atomic E-state index is 12.2. The first-order valence-electron chi connectivity index (χ1n) is 6.06. The Morgan fingerprint density at radius 3 is 2.52 bits per heavy atom. The average Bonchev–Trinajstić information content (AvgIpc) is 2.44. The molecule has 2 rings (SSSR count). The molecule has 0 radical (unpaired) electrons. The second-order valence-electron chi connectivity index (χ2n) is 4.42. The van der Waals surface area contributed by atoms with Crippen LogP contribution in [0, 0.1) is 6.92 Å². The Bertz CT molecular complexity index is 702. The number of phenols is 1. The van der Waals surface area contributed by atoms with Gasteiger partial charge in [-0.3, -0.25) is 4.79 Å². The van der Waals surface area contributed by atoms with E-state index < -0.39 is 5.91 Å². The number of carbonyl (C=O) groups is 1. The molecule has 2 aromatic rings. The minimum atomic E-state index is -0.489. The standard InChI is InChI=1S/C15H13Cl2NO3/c1-8-5-12(17)13(7-11(8)16)18-15(20)10-4-3-9(21-2)6-14(10)19/h3-7,19H,1-2H3,(H,18,20). The fourth-order valence-electron chi connectivity index (χ4n) is 1.76. The van der Waals surface area contributed by atoms with E-state index in [1.54, 1.807) is 18.2 Å². The van der Waals surface area contributed by atoms with Gasteiger partial charge >= 0.3 is 0 Å². The number of hydrogen-bond acceptors (Lipinski definition) is 3. The van der Waals surface area contributed by atoms with Gasteiger partial charge in [0.05, 0.1) is 23.4 Å². The molecule has 0 saturated carbocycles. The normalized spacial score (nSPS) is 10.3. The quantitative estimate of drug-likeness (QED) is 0.886. The summed E-state index contributed by atoms with van der Waals surface area (Å²) in [6.07, 6.45) is 0. The van der Waals surface area contributed by atoms with Gasteiger partial charge in [-0.25, -0.2) is 0 Å². The number of methoxy groups -OCH3 is 1. The number of halogens is 2. The lowest BCUT2D eigenvalue weighted by atomic mass is 10.1. The summed E-state index contributed by atoms with van der Waals surface area (Å²) in [5.41, 5.74) is 1.31. The third kappa shape index (κ3) is 3.40. The van der Waals surface area contributed by atoms with E-state index in [0.717, 1.165) is 5.56 Å². The molecule has 0 unspecified atom stereocenters. The van der Waals surface area contributed by atoms with Crippen LogP contribution >= 0.6 is 23.2 Å². The van der Waals surface area contributed by atoms with Gasteiger partial charge in [0.1, 0.15) is 11.5 Å². The molecule has 21 heavy (non-hydrogen) atoms. The first-order valence-corrected chi connectivity index (χ1v) is 6.82. The zero-order chi connectivity index (χ0) is 15.6. The second-order valence-corrected chi connectivity index (χ2v) is 5.23. The van der Waals surface area contributed by atoms with Crippen LogP contribution < -0.4 is 10.1 Å². The molecule has 2 N–H and O–H groups in total. The number of amides is 1. The molecule has 0 saturated heterocycles. The number of benzene rings is 2. The molecular formula is C15H13Cl2NO3. The average molecular weight is 326 g/mol. The number of aryl methyl sites for hydroxylation is 1. The molecule has 2 aromatic carbocycles. The van der Waals surface area contributed by atoms with Crippen LogP contribution in [-0.4, -0.2) is 18.1 Å². The minimum absolute atomic E-state index is 0.114. The fourth-order valence-corrected chi connectivity index (χ4v) is 2.19. The Hall–Kier alpha value is -1.91. The van der Waals surface area contributed by atoms with Crippen LogP contribution in [0.4, 0.5) is 5.69 Å². The van der Waals surface area contributed by atoms with Gasteiger partial charge in [-0.15, -0.1) is 0 Å². The van der Waals surface area contributed by atoms with Gasteiger partial charge in [0.25, 0.3) is 5.91 Å². The molecule has 0 bridgehead atoms. The number of ether oxygens (including phenoxy) is 1. The number of aromatic hydroxyl groups is 1. The summed E-state index contributed by atoms with van der Waals surface area (Å²) in [4.78, 5) is 12.2. The van der Waals surface area contributed by atoms with E-state index >= 15 is 0 Å². The van der Waals surface area contributed by atoms with Crippen LogP contribution in [0.1, 0.15) is 15.9 Å². The van der Waals surface area contributed by atoms with Crippen molar-refractivity contribution in [2.24, 2.45) is 0 Å². The molecule has 110 valence electrons. The fraction of sp³-hybridized carbons (Fsp3) is 0.133. The first-order chi connectivity index (χ1) is 9.92. The highest BCUT2D eigenvalue weighted by Gasteiger charge is 2.14. The number of nitrogens with one attached hydrogen (secondary N) is 1. The lowest BCUT2D eigenvalue weighted by Gasteiger charge is -2.11. The van der Waals surface area contributed by atoms with Crippen molar-refractivity contribution in [1.29, 1.82) is 0 Å². The number of anilines is 1. The van der Waals surface area contributed by atoms with Crippen LogP contribution in [0.15, 0.2) is 30.3 Å². The summed E-state index contributed by atoms with van der Waals surface area (Å²) in [6.45, 7) is 1.81. The predicted molar refractivity (Wildman–Crippen MR) is 83.8 cm³/mol. The van der Waals surface area contributed by atoms with E-state index in [9.17, 15) is 9.90 Å². The van der Waals surface area contributed by atoms with E-state index in [1.807, 2.05) is 6.92 Å². The van der Waals surface area contributed by atoms with Crippen LogP contribution in [0.25, 0.3) is 0 Å². The van der Waals surface area contributed by atoms with E-state index in [0.29, 0.717) is 21.5 Å². The number of carbonyl (C=O) groups excluding carboxylic acids is 1. The van der Waals surface area contributed by atoms with Crippen LogP contribution in [-0.2, 0) is 0 Å². The van der Waals surface area contributed by atoms with E-state index in [-0.39, 0.29) is 11.3 Å². The third-order valence-corrected chi connectivity index (χ3v) is 3.67. The van der Waals surface area contributed by atoms with Crippen molar-refractivity contribution < 1.29 is 14.6 Å². The van der Waals surface area contributed by atoms with Gasteiger partial charge in [0.2, 0.25) is 0 Å². The summed E-state index contributed by atoms with van der Waals surface area (Å²) < 4.78 is 4.97. The first kappa shape index (κ1) is 15.5. The van der Waals surface area contributed by atoms with Gasteiger partial charge in [-0.05, 0) is 36.8 Å². The van der Waals surface area contributed by atoms with Gasteiger partial charge in [0.15, 0.2) is 0 Å². The summed E-state index contributed by atoms with van der Waals surface area (Å²) in [5, 5.41) is 13.3. The largest absolute Gasteiger partial charge is 0.507 e. The maximum absolute atomic E-state index is 12.2. The Morgan fingerprint density at radius 1 is 1.19 bits per heavy atom. The van der Waals surface area contributed by atoms with Gasteiger partial charge in [-0.1, -0.05) is 23.2 Å². The SMILES string of the molecule is COc1ccc(C(=O)Nc2cc(Cl)c(C)cc2Cl)c(O)c1. The summed E-state index contributed by atoms with van der Waals surface area (Å²) in [6, 6.07) is 7.63. The Labute approximate surface area is 132 Å². The smallest absolute Gasteiger partial charge is 0.259 e. The van der Waals surface area contributed by atoms with Crippen molar-refractivity contribution in [3.63, 3.8) is 0 Å². The van der Waals surface area contributed by atoms with Crippen LogP contribution in [0.3, 0.4) is 0 Å². The number of hydrogen-bond donors (Lipinski definition) is 2. The van der Waals surface area contributed by atoms with Crippen molar-refractivity contribution in [2.75, 3.05) is 12.4 Å². The summed E-state index contributed by atoms with van der Waals surface area (Å²) in [7, 11) is 1.47. The molecule has 0 aliphatic heterocycles. The van der Waals surface area contributed by atoms with Gasteiger partial charge < -0.3 is 15.2 Å². The van der Waals surface area contributed by atoms with Crippen LogP contribution in [0.2, 0.25) is 10.0 Å². The monoisotopic (exact) mass is 325 g/mol. The van der Waals surface area contributed by atoms with Crippen molar-refractivity contribution in [2.45, 2.75) is 6.92 Å². The highest BCUT2D eigenvalue weighted by atomic mass is 35.5. The molecule has 1 amide bonds.